The number of hydrogen-bond donors (Lipinski definition) is 2. The zero-order chi connectivity index (χ0) is 26.8. The molecule has 0 aliphatic rings. The van der Waals surface area contributed by atoms with E-state index < -0.39 is 34.9 Å². The van der Waals surface area contributed by atoms with Gasteiger partial charge >= 0.3 is 12.4 Å². The van der Waals surface area contributed by atoms with E-state index in [2.05, 4.69) is 0 Å². The van der Waals surface area contributed by atoms with Crippen LogP contribution in [0.3, 0.4) is 0 Å². The fourth-order valence-electron chi connectivity index (χ4n) is 3.25. The smallest absolute Gasteiger partial charge is 0.418 e. The van der Waals surface area contributed by atoms with Gasteiger partial charge in [0.2, 0.25) is 0 Å². The lowest BCUT2D eigenvalue weighted by molar-refractivity contribution is -0.137. The Hall–Kier alpha value is -4.54. The van der Waals surface area contributed by atoms with Crippen molar-refractivity contribution < 1.29 is 40.6 Å². The summed E-state index contributed by atoms with van der Waals surface area (Å²) in [5, 5.41) is 0. The van der Waals surface area contributed by atoms with Crippen LogP contribution in [0.15, 0.2) is 84.9 Å². The van der Waals surface area contributed by atoms with Gasteiger partial charge in [0.1, 0.15) is 34.5 Å². The number of halogens is 6. The molecular formula is C26H18F6N2O3. The van der Waals surface area contributed by atoms with E-state index in [0.717, 1.165) is 24.3 Å². The molecule has 0 spiro atoms. The third-order valence-corrected chi connectivity index (χ3v) is 5.01. The highest BCUT2D eigenvalue weighted by atomic mass is 19.4. The van der Waals surface area contributed by atoms with Gasteiger partial charge in [0, 0.05) is 11.4 Å². The van der Waals surface area contributed by atoms with Crippen LogP contribution in [0.5, 0.6) is 34.5 Å². The van der Waals surface area contributed by atoms with Crippen LogP contribution in [0.1, 0.15) is 11.1 Å². The van der Waals surface area contributed by atoms with Crippen molar-refractivity contribution in [1.82, 2.24) is 0 Å². The zero-order valence-corrected chi connectivity index (χ0v) is 18.7. The lowest BCUT2D eigenvalue weighted by Crippen LogP contribution is -2.08. The van der Waals surface area contributed by atoms with Gasteiger partial charge in [-0.25, -0.2) is 0 Å². The molecular weight excluding hydrogens is 502 g/mol. The molecule has 0 aromatic heterocycles. The molecule has 37 heavy (non-hydrogen) atoms. The number of nitrogens with two attached hydrogens (primary N) is 2. The van der Waals surface area contributed by atoms with E-state index in [1.165, 1.54) is 36.4 Å². The van der Waals surface area contributed by atoms with Crippen LogP contribution in [0.4, 0.5) is 37.7 Å². The minimum Gasteiger partial charge on any atom is -0.457 e. The minimum absolute atomic E-state index is 0.0331. The quantitative estimate of drug-likeness (QED) is 0.198. The standard InChI is InChI=1S/C26H18F6N2O3/c27-25(28,29)21-13-19(9-11-23(21)33)36-17-5-1-15(2-6-17)35-16-3-7-18(8-4-16)37-20-10-12-24(34)22(14-20)26(30,31)32/h1-14H,33-34H2. The molecule has 5 nitrogen and oxygen atoms in total. The first-order valence-electron chi connectivity index (χ1n) is 10.6. The number of hydrogen-bond acceptors (Lipinski definition) is 5. The number of rotatable bonds is 6. The summed E-state index contributed by atoms with van der Waals surface area (Å²) in [5.74, 6) is 1.29. The molecule has 0 bridgehead atoms. The Labute approximate surface area is 206 Å². The molecule has 11 heteroatoms. The van der Waals surface area contributed by atoms with E-state index >= 15 is 0 Å². The van der Waals surface area contributed by atoms with Gasteiger partial charge in [0.15, 0.2) is 0 Å². The largest absolute Gasteiger partial charge is 0.457 e. The van der Waals surface area contributed by atoms with E-state index in [4.69, 9.17) is 25.7 Å². The van der Waals surface area contributed by atoms with Crippen LogP contribution in [0, 0.1) is 0 Å². The molecule has 4 rings (SSSR count). The van der Waals surface area contributed by atoms with E-state index in [1.54, 1.807) is 24.3 Å². The van der Waals surface area contributed by atoms with Gasteiger partial charge in [-0.05, 0) is 84.9 Å². The number of benzene rings is 4. The Morgan fingerprint density at radius 1 is 0.405 bits per heavy atom. The summed E-state index contributed by atoms with van der Waals surface area (Å²) in [7, 11) is 0. The van der Waals surface area contributed by atoms with Crippen LogP contribution in [0.2, 0.25) is 0 Å². The van der Waals surface area contributed by atoms with E-state index in [0.29, 0.717) is 11.5 Å². The number of alkyl halides is 6. The van der Waals surface area contributed by atoms with Gasteiger partial charge in [-0.15, -0.1) is 0 Å². The molecule has 4 aromatic rings. The van der Waals surface area contributed by atoms with Gasteiger partial charge in [-0.3, -0.25) is 0 Å². The van der Waals surface area contributed by atoms with Crippen LogP contribution >= 0.6 is 0 Å². The van der Waals surface area contributed by atoms with Crippen molar-refractivity contribution in [2.75, 3.05) is 11.5 Å². The van der Waals surface area contributed by atoms with Crippen LogP contribution < -0.4 is 25.7 Å². The van der Waals surface area contributed by atoms with Crippen molar-refractivity contribution in [3.8, 4) is 34.5 Å². The SMILES string of the molecule is Nc1ccc(Oc2ccc(Oc3ccc(Oc4ccc(N)c(C(F)(F)F)c4)cc3)cc2)cc1C(F)(F)F. The van der Waals surface area contributed by atoms with Crippen LogP contribution in [0.25, 0.3) is 0 Å². The average molecular weight is 520 g/mol. The van der Waals surface area contributed by atoms with Gasteiger partial charge in [0.25, 0.3) is 0 Å². The van der Waals surface area contributed by atoms with Crippen LogP contribution in [-0.4, -0.2) is 0 Å². The summed E-state index contributed by atoms with van der Waals surface area (Å²) in [6.07, 6.45) is -9.22. The Bertz CT molecular complexity index is 1280. The Morgan fingerprint density at radius 2 is 0.649 bits per heavy atom. The number of ether oxygens (including phenoxy) is 3. The molecule has 0 saturated heterocycles. The van der Waals surface area contributed by atoms with Crippen molar-refractivity contribution >= 4 is 11.4 Å². The molecule has 0 unspecified atom stereocenters. The minimum atomic E-state index is -4.61. The molecule has 0 heterocycles. The molecule has 0 fully saturated rings. The molecule has 4 N–H and O–H groups in total. The van der Waals surface area contributed by atoms with E-state index in [-0.39, 0.29) is 23.0 Å². The molecule has 0 radical (unpaired) electrons. The highest BCUT2D eigenvalue weighted by Crippen LogP contribution is 2.38. The van der Waals surface area contributed by atoms with Crippen molar-refractivity contribution in [3.05, 3.63) is 96.1 Å². The third kappa shape index (κ3) is 6.37. The number of anilines is 2. The van der Waals surface area contributed by atoms with Gasteiger partial charge in [-0.2, -0.15) is 26.3 Å². The molecule has 0 atom stereocenters. The fourth-order valence-corrected chi connectivity index (χ4v) is 3.25. The Morgan fingerprint density at radius 3 is 0.919 bits per heavy atom. The van der Waals surface area contributed by atoms with Gasteiger partial charge < -0.3 is 25.7 Å². The maximum atomic E-state index is 13.0. The van der Waals surface area contributed by atoms with Gasteiger partial charge in [0.05, 0.1) is 11.1 Å². The summed E-state index contributed by atoms with van der Waals surface area (Å²) in [5.41, 5.74) is 7.99. The molecule has 0 aliphatic carbocycles. The first-order valence-corrected chi connectivity index (χ1v) is 10.6. The monoisotopic (exact) mass is 520 g/mol. The molecule has 0 aliphatic heterocycles. The molecule has 4 aromatic carbocycles. The highest BCUT2D eigenvalue weighted by molar-refractivity contribution is 5.54. The van der Waals surface area contributed by atoms with Crippen LogP contribution in [-0.2, 0) is 12.4 Å². The second-order valence-corrected chi connectivity index (χ2v) is 7.74. The second kappa shape index (κ2) is 9.84. The Kier molecular flexibility index (Phi) is 6.80. The summed E-state index contributed by atoms with van der Waals surface area (Å²) in [4.78, 5) is 0. The highest BCUT2D eigenvalue weighted by Gasteiger charge is 2.34. The second-order valence-electron chi connectivity index (χ2n) is 7.74. The van der Waals surface area contributed by atoms with E-state index in [1.807, 2.05) is 0 Å². The maximum Gasteiger partial charge on any atom is 0.418 e. The Balaban J connectivity index is 1.39. The van der Waals surface area contributed by atoms with E-state index in [9.17, 15) is 26.3 Å². The summed E-state index contributed by atoms with van der Waals surface area (Å²) in [6, 6.07) is 18.8. The fraction of sp³-hybridized carbons (Fsp3) is 0.0769. The van der Waals surface area contributed by atoms with Gasteiger partial charge in [-0.1, -0.05) is 0 Å². The molecule has 0 saturated carbocycles. The first kappa shape index (κ1) is 25.5. The average Bonchev–Trinajstić information content (AvgIpc) is 2.82. The summed E-state index contributed by atoms with van der Waals surface area (Å²) in [6.45, 7) is 0. The summed E-state index contributed by atoms with van der Waals surface area (Å²) >= 11 is 0. The predicted molar refractivity (Wildman–Crippen MR) is 125 cm³/mol. The predicted octanol–water partition coefficient (Wildman–Crippen LogP) is 8.27. The normalized spacial score (nSPS) is 11.7. The molecule has 192 valence electrons. The lowest BCUT2D eigenvalue weighted by Gasteiger charge is -2.13. The number of nitrogen functional groups attached to an aromatic ring is 2. The van der Waals surface area contributed by atoms with Crippen molar-refractivity contribution in [1.29, 1.82) is 0 Å². The van der Waals surface area contributed by atoms with Crippen molar-refractivity contribution in [3.63, 3.8) is 0 Å². The van der Waals surface area contributed by atoms with Crippen molar-refractivity contribution in [2.24, 2.45) is 0 Å². The zero-order valence-electron chi connectivity index (χ0n) is 18.7. The topological polar surface area (TPSA) is 79.7 Å². The summed E-state index contributed by atoms with van der Waals surface area (Å²) < 4.78 is 94.8. The third-order valence-electron chi connectivity index (χ3n) is 5.01. The first-order chi connectivity index (χ1) is 17.4. The molecule has 0 amide bonds. The lowest BCUT2D eigenvalue weighted by atomic mass is 10.1. The maximum absolute atomic E-state index is 13.0. The van der Waals surface area contributed by atoms with Crippen molar-refractivity contribution in [2.45, 2.75) is 12.4 Å².